The van der Waals surface area contributed by atoms with Crippen molar-refractivity contribution < 1.29 is 34.8 Å². The summed E-state index contributed by atoms with van der Waals surface area (Å²) in [5.41, 5.74) is -1.38. The van der Waals surface area contributed by atoms with Gasteiger partial charge in [0.15, 0.2) is 0 Å². The van der Waals surface area contributed by atoms with Gasteiger partial charge < -0.3 is 0 Å². The SMILES string of the molecule is Cc1ccc(S(=O)(=O)N[C@@H](C)C(F)(F)F)c(C(F)(F)F)c1. The fourth-order valence-electron chi connectivity index (χ4n) is 1.46. The van der Waals surface area contributed by atoms with E-state index in [0.29, 0.717) is 19.1 Å². The molecule has 1 atom stereocenters. The molecule has 0 aliphatic carbocycles. The summed E-state index contributed by atoms with van der Waals surface area (Å²) >= 11 is 0. The molecule has 21 heavy (non-hydrogen) atoms. The third kappa shape index (κ3) is 4.34. The number of hydrogen-bond acceptors (Lipinski definition) is 2. The Balaban J connectivity index is 3.33. The zero-order valence-electron chi connectivity index (χ0n) is 10.8. The maximum absolute atomic E-state index is 12.8. The van der Waals surface area contributed by atoms with Crippen molar-refractivity contribution in [3.8, 4) is 0 Å². The molecule has 1 aromatic carbocycles. The highest BCUT2D eigenvalue weighted by atomic mass is 32.2. The van der Waals surface area contributed by atoms with Crippen LogP contribution in [0.4, 0.5) is 26.3 Å². The largest absolute Gasteiger partial charge is 0.417 e. The molecule has 1 aromatic rings. The van der Waals surface area contributed by atoms with Crippen LogP contribution in [0.3, 0.4) is 0 Å². The zero-order chi connectivity index (χ0) is 16.6. The fourth-order valence-corrected chi connectivity index (χ4v) is 2.90. The molecule has 0 saturated heterocycles. The first-order valence-corrected chi connectivity index (χ1v) is 7.00. The molecule has 0 unspecified atom stereocenters. The number of hydrogen-bond donors (Lipinski definition) is 1. The minimum atomic E-state index is -5.00. The molecule has 1 N–H and O–H groups in total. The van der Waals surface area contributed by atoms with Gasteiger partial charge in [-0.25, -0.2) is 8.42 Å². The van der Waals surface area contributed by atoms with Crippen LogP contribution in [-0.2, 0) is 16.2 Å². The van der Waals surface area contributed by atoms with E-state index in [1.54, 1.807) is 0 Å². The minimum absolute atomic E-state index is 0.130. The van der Waals surface area contributed by atoms with Gasteiger partial charge in [0.2, 0.25) is 10.0 Å². The van der Waals surface area contributed by atoms with Gasteiger partial charge in [-0.1, -0.05) is 11.6 Å². The predicted molar refractivity (Wildman–Crippen MR) is 62.0 cm³/mol. The molecule has 0 aliphatic rings. The van der Waals surface area contributed by atoms with Gasteiger partial charge in [0, 0.05) is 0 Å². The van der Waals surface area contributed by atoms with Gasteiger partial charge in [-0.3, -0.25) is 0 Å². The van der Waals surface area contributed by atoms with Crippen molar-refractivity contribution in [2.45, 2.75) is 37.1 Å². The first kappa shape index (κ1) is 17.8. The smallest absolute Gasteiger partial charge is 0.207 e. The lowest BCUT2D eigenvalue weighted by atomic mass is 10.1. The van der Waals surface area contributed by atoms with Crippen LogP contribution >= 0.6 is 0 Å². The summed E-state index contributed by atoms with van der Waals surface area (Å²) in [5.74, 6) is 0. The number of halogens is 6. The molecule has 0 amide bonds. The van der Waals surface area contributed by atoms with Crippen LogP contribution in [0, 0.1) is 6.92 Å². The van der Waals surface area contributed by atoms with Crippen molar-refractivity contribution in [1.29, 1.82) is 0 Å². The summed E-state index contributed by atoms with van der Waals surface area (Å²) in [7, 11) is -4.96. The topological polar surface area (TPSA) is 46.2 Å². The first-order valence-electron chi connectivity index (χ1n) is 5.52. The molecule has 0 saturated carbocycles. The average molecular weight is 335 g/mol. The Bertz CT molecular complexity index is 621. The second kappa shape index (κ2) is 5.48. The Hall–Kier alpha value is -1.29. The summed E-state index contributed by atoms with van der Waals surface area (Å²) in [6.07, 6.45) is -9.91. The van der Waals surface area contributed by atoms with Crippen molar-refractivity contribution in [3.63, 3.8) is 0 Å². The fraction of sp³-hybridized carbons (Fsp3) is 0.455. The second-order valence-electron chi connectivity index (χ2n) is 4.38. The summed E-state index contributed by atoms with van der Waals surface area (Å²) in [6, 6.07) is -0.247. The monoisotopic (exact) mass is 335 g/mol. The van der Waals surface area contributed by atoms with Crippen LogP contribution in [0.15, 0.2) is 23.1 Å². The van der Waals surface area contributed by atoms with Crippen molar-refractivity contribution in [1.82, 2.24) is 4.72 Å². The van der Waals surface area contributed by atoms with E-state index >= 15 is 0 Å². The average Bonchev–Trinajstić information content (AvgIpc) is 2.25. The Morgan fingerprint density at radius 1 is 1.10 bits per heavy atom. The van der Waals surface area contributed by atoms with E-state index in [1.165, 1.54) is 11.6 Å². The molecule has 10 heteroatoms. The van der Waals surface area contributed by atoms with Gasteiger partial charge in [0.1, 0.15) is 6.04 Å². The summed E-state index contributed by atoms with van der Waals surface area (Å²) in [4.78, 5) is -1.24. The molecule has 1 rings (SSSR count). The second-order valence-corrected chi connectivity index (χ2v) is 6.06. The molecular weight excluding hydrogens is 324 g/mol. The standard InChI is InChI=1S/C11H11F6NO2S/c1-6-3-4-9(8(5-6)11(15,16)17)21(19,20)18-7(2)10(12,13)14/h3-5,7,18H,1-2H3/t7-/m0/s1. The zero-order valence-corrected chi connectivity index (χ0v) is 11.6. The summed E-state index contributed by atoms with van der Waals surface area (Å²) in [6.45, 7) is 1.80. The Morgan fingerprint density at radius 2 is 1.62 bits per heavy atom. The third-order valence-corrected chi connectivity index (χ3v) is 4.15. The maximum atomic E-state index is 12.8. The molecule has 0 fully saturated rings. The summed E-state index contributed by atoms with van der Waals surface area (Å²) in [5, 5.41) is 0. The van der Waals surface area contributed by atoms with E-state index in [9.17, 15) is 34.8 Å². The Kier molecular flexibility index (Phi) is 4.64. The molecule has 0 heterocycles. The molecule has 0 aromatic heterocycles. The molecule has 0 bridgehead atoms. The van der Waals surface area contributed by atoms with Crippen molar-refractivity contribution in [2.24, 2.45) is 0 Å². The van der Waals surface area contributed by atoms with E-state index in [-0.39, 0.29) is 5.56 Å². The quantitative estimate of drug-likeness (QED) is 0.862. The van der Waals surface area contributed by atoms with Crippen molar-refractivity contribution >= 4 is 10.0 Å². The maximum Gasteiger partial charge on any atom is 0.417 e. The van der Waals surface area contributed by atoms with Crippen LogP contribution in [0.2, 0.25) is 0 Å². The number of sulfonamides is 1. The van der Waals surface area contributed by atoms with Gasteiger partial charge in [-0.2, -0.15) is 31.1 Å². The van der Waals surface area contributed by atoms with Gasteiger partial charge in [-0.15, -0.1) is 0 Å². The van der Waals surface area contributed by atoms with E-state index in [1.807, 2.05) is 0 Å². The van der Waals surface area contributed by atoms with E-state index in [0.717, 1.165) is 6.07 Å². The Morgan fingerprint density at radius 3 is 2.05 bits per heavy atom. The number of alkyl halides is 6. The van der Waals surface area contributed by atoms with Crippen molar-refractivity contribution in [2.75, 3.05) is 0 Å². The van der Waals surface area contributed by atoms with Crippen LogP contribution in [0.25, 0.3) is 0 Å². The number of benzene rings is 1. The molecular formula is C11H11F6NO2S. The molecule has 3 nitrogen and oxygen atoms in total. The van der Waals surface area contributed by atoms with Crippen LogP contribution < -0.4 is 4.72 Å². The van der Waals surface area contributed by atoms with Gasteiger partial charge >= 0.3 is 12.4 Å². The third-order valence-electron chi connectivity index (χ3n) is 2.55. The lowest BCUT2D eigenvalue weighted by Crippen LogP contribution is -2.43. The lowest BCUT2D eigenvalue weighted by Gasteiger charge is -2.19. The molecule has 120 valence electrons. The normalized spacial score (nSPS) is 15.0. The van der Waals surface area contributed by atoms with E-state index < -0.39 is 38.9 Å². The summed E-state index contributed by atoms with van der Waals surface area (Å²) < 4.78 is 100. The van der Waals surface area contributed by atoms with Gasteiger partial charge in [-0.05, 0) is 26.0 Å². The van der Waals surface area contributed by atoms with Crippen LogP contribution in [-0.4, -0.2) is 20.6 Å². The molecule has 0 radical (unpaired) electrons. The Labute approximate surface area is 117 Å². The number of rotatable bonds is 3. The van der Waals surface area contributed by atoms with Crippen LogP contribution in [0.5, 0.6) is 0 Å². The minimum Gasteiger partial charge on any atom is -0.207 e. The molecule has 0 aliphatic heterocycles. The first-order chi connectivity index (χ1) is 9.25. The lowest BCUT2D eigenvalue weighted by molar-refractivity contribution is -0.147. The highest BCUT2D eigenvalue weighted by molar-refractivity contribution is 7.89. The number of aryl methyl sites for hydroxylation is 1. The highest BCUT2D eigenvalue weighted by Crippen LogP contribution is 2.35. The number of nitrogens with one attached hydrogen (secondary N) is 1. The predicted octanol–water partition coefficient (Wildman–Crippen LogP) is 3.24. The molecule has 0 spiro atoms. The van der Waals surface area contributed by atoms with Crippen molar-refractivity contribution in [3.05, 3.63) is 29.3 Å². The van der Waals surface area contributed by atoms with Crippen LogP contribution in [0.1, 0.15) is 18.1 Å². The van der Waals surface area contributed by atoms with E-state index in [4.69, 9.17) is 0 Å². The van der Waals surface area contributed by atoms with Gasteiger partial charge in [0.05, 0.1) is 10.5 Å². The van der Waals surface area contributed by atoms with Gasteiger partial charge in [0.25, 0.3) is 0 Å². The highest BCUT2D eigenvalue weighted by Gasteiger charge is 2.42. The van der Waals surface area contributed by atoms with E-state index in [2.05, 4.69) is 0 Å².